The van der Waals surface area contributed by atoms with E-state index in [9.17, 15) is 9.59 Å². The quantitative estimate of drug-likeness (QED) is 0.635. The molecule has 0 aromatic carbocycles. The molecule has 0 atom stereocenters. The average Bonchev–Trinajstić information content (AvgIpc) is 2.38. The van der Waals surface area contributed by atoms with Crippen molar-refractivity contribution in [2.45, 2.75) is 52.6 Å². The van der Waals surface area contributed by atoms with E-state index in [-0.39, 0.29) is 12.1 Å². The Morgan fingerprint density at radius 3 is 1.85 bits per heavy atom. The lowest BCUT2D eigenvalue weighted by atomic mass is 9.72. The fourth-order valence-electron chi connectivity index (χ4n) is 2.26. The molecule has 1 aliphatic rings. The van der Waals surface area contributed by atoms with Gasteiger partial charge >= 0.3 is 11.9 Å². The molecule has 1 N–H and O–H groups in total. The van der Waals surface area contributed by atoms with Gasteiger partial charge in [0.05, 0.1) is 0 Å². The van der Waals surface area contributed by atoms with Gasteiger partial charge in [-0.3, -0.25) is 0 Å². The summed E-state index contributed by atoms with van der Waals surface area (Å²) >= 11 is 0. The van der Waals surface area contributed by atoms with E-state index in [2.05, 4.69) is 33.9 Å². The van der Waals surface area contributed by atoms with Crippen LogP contribution in [0.15, 0.2) is 25.3 Å². The number of aliphatic carboxylic acids is 1. The third kappa shape index (κ3) is 7.77. The molecule has 0 spiro atoms. The Bertz CT molecular complexity index is 344. The van der Waals surface area contributed by atoms with Gasteiger partial charge in [0.1, 0.15) is 6.10 Å². The van der Waals surface area contributed by atoms with E-state index >= 15 is 0 Å². The smallest absolute Gasteiger partial charge is 0.330 e. The summed E-state index contributed by atoms with van der Waals surface area (Å²) in [5, 5.41) is 7.60. The van der Waals surface area contributed by atoms with Crippen LogP contribution in [0.2, 0.25) is 0 Å². The van der Waals surface area contributed by atoms with E-state index in [1.807, 2.05) is 0 Å². The van der Waals surface area contributed by atoms with Gasteiger partial charge in [0.15, 0.2) is 0 Å². The lowest BCUT2D eigenvalue weighted by molar-refractivity contribution is -0.145. The highest BCUT2D eigenvalue weighted by Crippen LogP contribution is 2.38. The van der Waals surface area contributed by atoms with Gasteiger partial charge in [-0.15, -0.1) is 0 Å². The zero-order valence-electron chi connectivity index (χ0n) is 12.7. The number of esters is 1. The lowest BCUT2D eigenvalue weighted by Crippen LogP contribution is -2.30. The second kappa shape index (κ2) is 8.56. The minimum atomic E-state index is -0.981. The minimum Gasteiger partial charge on any atom is -0.478 e. The first-order valence-corrected chi connectivity index (χ1v) is 6.89. The van der Waals surface area contributed by atoms with Crippen molar-refractivity contribution in [3.05, 3.63) is 25.3 Å². The van der Waals surface area contributed by atoms with Gasteiger partial charge in [0.25, 0.3) is 0 Å². The minimum absolute atomic E-state index is 0.120. The second-order valence-corrected chi connectivity index (χ2v) is 6.02. The summed E-state index contributed by atoms with van der Waals surface area (Å²) in [5.41, 5.74) is 0.382. The van der Waals surface area contributed by atoms with Crippen LogP contribution in [0.1, 0.15) is 46.5 Å². The zero-order chi connectivity index (χ0) is 15.8. The summed E-state index contributed by atoms with van der Waals surface area (Å²) in [6.07, 6.45) is 6.53. The molecule has 0 amide bonds. The van der Waals surface area contributed by atoms with E-state index in [0.29, 0.717) is 5.41 Å². The van der Waals surface area contributed by atoms with Crippen LogP contribution in [0.3, 0.4) is 0 Å². The fourth-order valence-corrected chi connectivity index (χ4v) is 2.26. The highest BCUT2D eigenvalue weighted by molar-refractivity contribution is 5.81. The van der Waals surface area contributed by atoms with Crippen LogP contribution in [-0.2, 0) is 14.3 Å². The van der Waals surface area contributed by atoms with Gasteiger partial charge in [0, 0.05) is 12.2 Å². The summed E-state index contributed by atoms with van der Waals surface area (Å²) in [7, 11) is 0. The maximum Gasteiger partial charge on any atom is 0.330 e. The molecule has 0 aromatic rings. The number of carbonyl (C=O) groups excluding carboxylic acids is 1. The molecular formula is C16H26O4. The van der Waals surface area contributed by atoms with E-state index in [1.165, 1.54) is 18.9 Å². The zero-order valence-corrected chi connectivity index (χ0v) is 12.7. The summed E-state index contributed by atoms with van der Waals surface area (Å²) in [6, 6.07) is 0. The Kier molecular flexibility index (Phi) is 7.89. The number of carboxylic acids is 1. The van der Waals surface area contributed by atoms with Crippen LogP contribution in [0.5, 0.6) is 0 Å². The van der Waals surface area contributed by atoms with Gasteiger partial charge < -0.3 is 9.84 Å². The molecule has 1 aliphatic carbocycles. The summed E-state index contributed by atoms with van der Waals surface area (Å²) in [6.45, 7) is 13.2. The van der Waals surface area contributed by atoms with Crippen LogP contribution in [-0.4, -0.2) is 23.1 Å². The van der Waals surface area contributed by atoms with Crippen molar-refractivity contribution in [1.29, 1.82) is 0 Å². The van der Waals surface area contributed by atoms with Gasteiger partial charge in [-0.25, -0.2) is 9.59 Å². The average molecular weight is 282 g/mol. The van der Waals surface area contributed by atoms with E-state index in [4.69, 9.17) is 9.84 Å². The van der Waals surface area contributed by atoms with E-state index in [0.717, 1.165) is 24.8 Å². The molecule has 1 fully saturated rings. The Balaban J connectivity index is 0.000000621. The van der Waals surface area contributed by atoms with Crippen molar-refractivity contribution in [3.8, 4) is 0 Å². The van der Waals surface area contributed by atoms with Crippen LogP contribution in [0.4, 0.5) is 0 Å². The number of ether oxygens (including phenoxy) is 1. The van der Waals surface area contributed by atoms with Crippen molar-refractivity contribution in [2.75, 3.05) is 0 Å². The van der Waals surface area contributed by atoms with Crippen molar-refractivity contribution in [3.63, 3.8) is 0 Å². The molecule has 0 saturated heterocycles. The van der Waals surface area contributed by atoms with Gasteiger partial charge in [-0.1, -0.05) is 33.9 Å². The Hall–Kier alpha value is -1.58. The largest absolute Gasteiger partial charge is 0.478 e. The Morgan fingerprint density at radius 2 is 1.55 bits per heavy atom. The van der Waals surface area contributed by atoms with Gasteiger partial charge in [-0.05, 0) is 37.0 Å². The van der Waals surface area contributed by atoms with Crippen LogP contribution in [0, 0.1) is 11.3 Å². The normalized spacial score (nSPS) is 21.9. The third-order valence-corrected chi connectivity index (χ3v) is 3.52. The number of hydrogen-bond acceptors (Lipinski definition) is 3. The molecule has 0 aliphatic heterocycles. The van der Waals surface area contributed by atoms with Crippen molar-refractivity contribution in [2.24, 2.45) is 11.3 Å². The summed E-state index contributed by atoms with van der Waals surface area (Å²) in [5.74, 6) is -0.504. The summed E-state index contributed by atoms with van der Waals surface area (Å²) in [4.78, 5) is 20.3. The first-order chi connectivity index (χ1) is 9.20. The highest BCUT2D eigenvalue weighted by Gasteiger charge is 2.30. The molecule has 0 radical (unpaired) electrons. The molecule has 1 rings (SSSR count). The molecule has 0 bridgehead atoms. The van der Waals surface area contributed by atoms with Crippen LogP contribution >= 0.6 is 0 Å². The Labute approximate surface area is 121 Å². The maximum absolute atomic E-state index is 11.0. The number of rotatable bonds is 3. The molecule has 0 unspecified atom stereocenters. The standard InChI is InChI=1S/C13H22O2.C3H4O2/c1-5-12(14)15-11-8-6-10(7-9-11)13(2,3)4;1-2-3(4)5/h5,10-11H,1,6-9H2,2-4H3;2H,1H2,(H,4,5). The molecular weight excluding hydrogens is 256 g/mol. The topological polar surface area (TPSA) is 63.6 Å². The van der Waals surface area contributed by atoms with Gasteiger partial charge in [0.2, 0.25) is 0 Å². The molecule has 4 heteroatoms. The molecule has 1 saturated carbocycles. The molecule has 4 nitrogen and oxygen atoms in total. The SMILES string of the molecule is C=CC(=O)O.C=CC(=O)OC1CCC(C(C)(C)C)CC1. The van der Waals surface area contributed by atoms with Crippen molar-refractivity contribution < 1.29 is 19.4 Å². The van der Waals surface area contributed by atoms with Crippen molar-refractivity contribution in [1.82, 2.24) is 0 Å². The van der Waals surface area contributed by atoms with Crippen LogP contribution < -0.4 is 0 Å². The third-order valence-electron chi connectivity index (χ3n) is 3.52. The molecule has 0 aromatic heterocycles. The fraction of sp³-hybridized carbons (Fsp3) is 0.625. The lowest BCUT2D eigenvalue weighted by Gasteiger charge is -2.36. The Morgan fingerprint density at radius 1 is 1.10 bits per heavy atom. The summed E-state index contributed by atoms with van der Waals surface area (Å²) < 4.78 is 5.24. The predicted octanol–water partition coefficient (Wildman–Crippen LogP) is 3.58. The van der Waals surface area contributed by atoms with E-state index in [1.54, 1.807) is 0 Å². The molecule has 0 heterocycles. The van der Waals surface area contributed by atoms with Gasteiger partial charge in [-0.2, -0.15) is 0 Å². The number of carboxylic acid groups (broad SMARTS) is 1. The predicted molar refractivity (Wildman–Crippen MR) is 79.3 cm³/mol. The first kappa shape index (κ1) is 18.4. The highest BCUT2D eigenvalue weighted by atomic mass is 16.5. The first-order valence-electron chi connectivity index (χ1n) is 6.89. The number of carbonyl (C=O) groups is 2. The molecule has 114 valence electrons. The molecule has 20 heavy (non-hydrogen) atoms. The van der Waals surface area contributed by atoms with Crippen molar-refractivity contribution >= 4 is 11.9 Å². The second-order valence-electron chi connectivity index (χ2n) is 6.02. The van der Waals surface area contributed by atoms with E-state index < -0.39 is 5.97 Å². The number of hydrogen-bond donors (Lipinski definition) is 1. The van der Waals surface area contributed by atoms with Crippen LogP contribution in [0.25, 0.3) is 0 Å². The maximum atomic E-state index is 11.0. The monoisotopic (exact) mass is 282 g/mol.